The predicted octanol–water partition coefficient (Wildman–Crippen LogP) is 3.27. The molecule has 0 saturated heterocycles. The van der Waals surface area contributed by atoms with Crippen LogP contribution in [-0.4, -0.2) is 34.9 Å². The van der Waals surface area contributed by atoms with Crippen LogP contribution in [-0.2, 0) is 13.5 Å². The summed E-state index contributed by atoms with van der Waals surface area (Å²) in [6.07, 6.45) is 2.00. The highest BCUT2D eigenvalue weighted by atomic mass is 16.1. The fraction of sp³-hybridized carbons (Fsp3) is 0.500. The van der Waals surface area contributed by atoms with Crippen molar-refractivity contribution in [3.8, 4) is 0 Å². The van der Waals surface area contributed by atoms with E-state index in [2.05, 4.69) is 41.5 Å². The van der Waals surface area contributed by atoms with Crippen molar-refractivity contribution in [2.45, 2.75) is 26.7 Å². The van der Waals surface area contributed by atoms with Gasteiger partial charge >= 0.3 is 0 Å². The van der Waals surface area contributed by atoms with Crippen molar-refractivity contribution < 1.29 is 4.79 Å². The molecule has 1 aliphatic carbocycles. The molecule has 1 aromatic carbocycles. The lowest BCUT2D eigenvalue weighted by molar-refractivity contribution is 0.0854. The Bertz CT molecular complexity index is 667. The Labute approximate surface area is 126 Å². The second-order valence-corrected chi connectivity index (χ2v) is 5.99. The second-order valence-electron chi connectivity index (χ2n) is 5.99. The number of benzene rings is 1. The zero-order valence-corrected chi connectivity index (χ0v) is 13.2. The van der Waals surface area contributed by atoms with Crippen LogP contribution in [0.1, 0.15) is 36.3 Å². The van der Waals surface area contributed by atoms with E-state index in [1.54, 1.807) is 0 Å². The first kappa shape index (κ1) is 14.3. The minimum atomic E-state index is 0.153. The van der Waals surface area contributed by atoms with Crippen molar-refractivity contribution in [3.63, 3.8) is 0 Å². The van der Waals surface area contributed by atoms with Gasteiger partial charge in [0.25, 0.3) is 0 Å². The lowest BCUT2D eigenvalue weighted by Gasteiger charge is -2.27. The zero-order valence-electron chi connectivity index (χ0n) is 13.2. The van der Waals surface area contributed by atoms with Gasteiger partial charge in [0, 0.05) is 30.4 Å². The average Bonchev–Trinajstić information content (AvgIpc) is 2.81. The van der Waals surface area contributed by atoms with Gasteiger partial charge in [0.1, 0.15) is 0 Å². The molecule has 0 saturated carbocycles. The largest absolute Gasteiger partial charge is 0.341 e. The lowest BCUT2D eigenvalue weighted by atomic mass is 9.85. The Balaban J connectivity index is 1.98. The van der Waals surface area contributed by atoms with Gasteiger partial charge in [-0.05, 0) is 37.6 Å². The van der Waals surface area contributed by atoms with Crippen LogP contribution in [0.25, 0.3) is 10.9 Å². The van der Waals surface area contributed by atoms with Crippen LogP contribution in [0, 0.1) is 5.92 Å². The third-order valence-electron chi connectivity index (χ3n) is 4.93. The van der Waals surface area contributed by atoms with Crippen molar-refractivity contribution >= 4 is 16.7 Å². The lowest BCUT2D eigenvalue weighted by Crippen LogP contribution is -2.36. The molecule has 0 spiro atoms. The maximum absolute atomic E-state index is 12.9. The number of para-hydroxylation sites is 1. The average molecular weight is 284 g/mol. The van der Waals surface area contributed by atoms with Gasteiger partial charge in [-0.25, -0.2) is 0 Å². The molecular weight excluding hydrogens is 260 g/mol. The van der Waals surface area contributed by atoms with Crippen LogP contribution in [0.3, 0.4) is 0 Å². The van der Waals surface area contributed by atoms with Crippen molar-refractivity contribution in [2.75, 3.05) is 19.6 Å². The number of aromatic nitrogens is 1. The molecule has 112 valence electrons. The molecule has 0 N–H and O–H groups in total. The molecule has 1 atom stereocenters. The summed E-state index contributed by atoms with van der Waals surface area (Å²) >= 11 is 0. The van der Waals surface area contributed by atoms with E-state index < -0.39 is 0 Å². The molecule has 0 amide bonds. The number of rotatable bonds is 4. The first-order valence-electron chi connectivity index (χ1n) is 8.00. The normalized spacial score (nSPS) is 18.5. The number of aryl methyl sites for hydroxylation is 2. The Kier molecular flexibility index (Phi) is 3.85. The summed E-state index contributed by atoms with van der Waals surface area (Å²) in [5, 5.41) is 1.25. The topological polar surface area (TPSA) is 25.2 Å². The van der Waals surface area contributed by atoms with Gasteiger partial charge < -0.3 is 9.47 Å². The van der Waals surface area contributed by atoms with Crippen molar-refractivity contribution in [1.82, 2.24) is 9.47 Å². The molecule has 0 fully saturated rings. The number of Topliss-reactive ketones (excluding diaryl/α,β-unsaturated/α-hetero) is 1. The fourth-order valence-electron chi connectivity index (χ4n) is 3.65. The highest BCUT2D eigenvalue weighted by molar-refractivity contribution is 6.05. The van der Waals surface area contributed by atoms with Crippen LogP contribution < -0.4 is 0 Å². The van der Waals surface area contributed by atoms with E-state index in [1.165, 1.54) is 16.5 Å². The maximum atomic E-state index is 12.9. The number of fused-ring (bicyclic) bond motifs is 3. The number of carbonyl (C=O) groups is 1. The van der Waals surface area contributed by atoms with Gasteiger partial charge in [0.2, 0.25) is 0 Å². The van der Waals surface area contributed by atoms with Gasteiger partial charge in [0.15, 0.2) is 5.78 Å². The molecule has 21 heavy (non-hydrogen) atoms. The first-order chi connectivity index (χ1) is 10.2. The van der Waals surface area contributed by atoms with Gasteiger partial charge in [-0.15, -0.1) is 0 Å². The standard InChI is InChI=1S/C18H24N2O/c1-4-20(5-2)12-13-10-11-15-14-8-6-7-9-16(14)19(3)17(15)18(13)21/h6-9,13H,4-5,10-12H2,1-3H3. The molecule has 1 unspecified atom stereocenters. The molecule has 1 aliphatic rings. The summed E-state index contributed by atoms with van der Waals surface area (Å²) < 4.78 is 2.10. The van der Waals surface area contributed by atoms with E-state index in [9.17, 15) is 4.79 Å². The van der Waals surface area contributed by atoms with E-state index in [4.69, 9.17) is 0 Å². The van der Waals surface area contributed by atoms with E-state index >= 15 is 0 Å². The summed E-state index contributed by atoms with van der Waals surface area (Å²) in [6.45, 7) is 7.26. The summed E-state index contributed by atoms with van der Waals surface area (Å²) in [5.74, 6) is 0.488. The molecule has 1 heterocycles. The molecule has 3 rings (SSSR count). The molecular formula is C18H24N2O. The van der Waals surface area contributed by atoms with Crippen LogP contribution in [0.15, 0.2) is 24.3 Å². The Morgan fingerprint density at radius 1 is 1.24 bits per heavy atom. The van der Waals surface area contributed by atoms with E-state index in [0.29, 0.717) is 5.78 Å². The zero-order chi connectivity index (χ0) is 15.0. The Morgan fingerprint density at radius 2 is 1.95 bits per heavy atom. The third-order valence-corrected chi connectivity index (χ3v) is 4.93. The van der Waals surface area contributed by atoms with Gasteiger partial charge in [0.05, 0.1) is 5.69 Å². The summed E-state index contributed by atoms with van der Waals surface area (Å²) in [4.78, 5) is 15.3. The number of nitrogens with zero attached hydrogens (tertiary/aromatic N) is 2. The second kappa shape index (κ2) is 5.64. The van der Waals surface area contributed by atoms with Crippen molar-refractivity contribution in [2.24, 2.45) is 13.0 Å². The smallest absolute Gasteiger partial charge is 0.183 e. The van der Waals surface area contributed by atoms with E-state index in [0.717, 1.165) is 38.2 Å². The molecule has 0 radical (unpaired) electrons. The van der Waals surface area contributed by atoms with Crippen molar-refractivity contribution in [3.05, 3.63) is 35.5 Å². The fourth-order valence-corrected chi connectivity index (χ4v) is 3.65. The highest BCUT2D eigenvalue weighted by Gasteiger charge is 2.32. The maximum Gasteiger partial charge on any atom is 0.183 e. The summed E-state index contributed by atoms with van der Waals surface area (Å²) in [7, 11) is 2.03. The van der Waals surface area contributed by atoms with Gasteiger partial charge in [-0.1, -0.05) is 32.0 Å². The number of hydrogen-bond acceptors (Lipinski definition) is 2. The Hall–Kier alpha value is -1.61. The molecule has 1 aromatic heterocycles. The minimum absolute atomic E-state index is 0.153. The molecule has 0 bridgehead atoms. The number of hydrogen-bond donors (Lipinski definition) is 0. The van der Waals surface area contributed by atoms with Gasteiger partial charge in [-0.2, -0.15) is 0 Å². The van der Waals surface area contributed by atoms with Crippen LogP contribution >= 0.6 is 0 Å². The minimum Gasteiger partial charge on any atom is -0.341 e. The quantitative estimate of drug-likeness (QED) is 0.861. The number of ketones is 1. The molecule has 3 nitrogen and oxygen atoms in total. The summed E-state index contributed by atoms with van der Waals surface area (Å²) in [5.41, 5.74) is 3.38. The van der Waals surface area contributed by atoms with Crippen LogP contribution in [0.5, 0.6) is 0 Å². The van der Waals surface area contributed by atoms with Crippen molar-refractivity contribution in [1.29, 1.82) is 0 Å². The summed E-state index contributed by atoms with van der Waals surface area (Å²) in [6, 6.07) is 8.37. The van der Waals surface area contributed by atoms with E-state index in [1.807, 2.05) is 13.1 Å². The predicted molar refractivity (Wildman–Crippen MR) is 86.8 cm³/mol. The van der Waals surface area contributed by atoms with E-state index in [-0.39, 0.29) is 5.92 Å². The number of carbonyl (C=O) groups excluding carboxylic acids is 1. The monoisotopic (exact) mass is 284 g/mol. The highest BCUT2D eigenvalue weighted by Crippen LogP contribution is 2.33. The van der Waals surface area contributed by atoms with Crippen LogP contribution in [0.4, 0.5) is 0 Å². The first-order valence-corrected chi connectivity index (χ1v) is 8.00. The third kappa shape index (κ3) is 2.30. The molecule has 0 aliphatic heterocycles. The van der Waals surface area contributed by atoms with Crippen LogP contribution in [0.2, 0.25) is 0 Å². The molecule has 3 heteroatoms. The SMILES string of the molecule is CCN(CC)CC1CCc2c(n(C)c3ccccc23)C1=O. The Morgan fingerprint density at radius 3 is 2.67 bits per heavy atom. The molecule has 2 aromatic rings. The van der Waals surface area contributed by atoms with Gasteiger partial charge in [-0.3, -0.25) is 4.79 Å².